The van der Waals surface area contributed by atoms with Gasteiger partial charge in [-0.05, 0) is 43.6 Å². The average Bonchev–Trinajstić information content (AvgIpc) is 3.60. The van der Waals surface area contributed by atoms with Crippen molar-refractivity contribution in [3.05, 3.63) is 46.9 Å². The third-order valence-corrected chi connectivity index (χ3v) is 7.56. The van der Waals surface area contributed by atoms with Crippen LogP contribution in [0.2, 0.25) is 0 Å². The zero-order valence-corrected chi connectivity index (χ0v) is 20.3. The largest absolute Gasteiger partial charge is 0.364 e. The van der Waals surface area contributed by atoms with E-state index in [4.69, 9.17) is 4.52 Å². The molecule has 1 saturated carbocycles. The number of nitrogens with one attached hydrogen (secondary N) is 2. The molecular formula is C26H32FN5O3. The van der Waals surface area contributed by atoms with Crippen molar-refractivity contribution in [3.63, 3.8) is 0 Å². The summed E-state index contributed by atoms with van der Waals surface area (Å²) in [6.45, 7) is 5.07. The molecule has 9 heteroatoms. The molecule has 186 valence electrons. The van der Waals surface area contributed by atoms with Gasteiger partial charge in [0.15, 0.2) is 5.82 Å². The van der Waals surface area contributed by atoms with E-state index in [-0.39, 0.29) is 35.8 Å². The van der Waals surface area contributed by atoms with Crippen LogP contribution in [0.25, 0.3) is 11.0 Å². The number of H-pyrrole nitrogens is 1. The summed E-state index contributed by atoms with van der Waals surface area (Å²) in [4.78, 5) is 34.8. The van der Waals surface area contributed by atoms with Gasteiger partial charge in [-0.1, -0.05) is 37.9 Å². The number of likely N-dealkylation sites (tertiary alicyclic amines) is 1. The second kappa shape index (κ2) is 9.79. The maximum Gasteiger partial charge on any atom is 0.257 e. The van der Waals surface area contributed by atoms with Crippen LogP contribution in [0, 0.1) is 17.7 Å². The summed E-state index contributed by atoms with van der Waals surface area (Å²) in [6.07, 6.45) is 7.35. The number of amides is 2. The summed E-state index contributed by atoms with van der Waals surface area (Å²) in [6, 6.07) is 3.14. The van der Waals surface area contributed by atoms with E-state index in [0.717, 1.165) is 32.1 Å². The van der Waals surface area contributed by atoms with E-state index >= 15 is 4.39 Å². The number of rotatable bonds is 7. The molecule has 2 aromatic heterocycles. The molecule has 1 saturated heterocycles. The number of hydrogen-bond acceptors (Lipinski definition) is 5. The highest BCUT2D eigenvalue weighted by Gasteiger charge is 2.32. The molecule has 1 atom stereocenters. The van der Waals surface area contributed by atoms with Crippen LogP contribution in [0.1, 0.15) is 85.9 Å². The van der Waals surface area contributed by atoms with Gasteiger partial charge in [0.2, 0.25) is 5.91 Å². The van der Waals surface area contributed by atoms with Crippen LogP contribution in [0.4, 0.5) is 4.39 Å². The number of halogens is 1. The molecule has 2 fully saturated rings. The van der Waals surface area contributed by atoms with Gasteiger partial charge >= 0.3 is 0 Å². The molecule has 0 bridgehead atoms. The van der Waals surface area contributed by atoms with E-state index in [1.54, 1.807) is 11.0 Å². The minimum absolute atomic E-state index is 0.0571. The molecule has 2 N–H and O–H groups in total. The van der Waals surface area contributed by atoms with Crippen LogP contribution >= 0.6 is 0 Å². The molecule has 1 unspecified atom stereocenters. The molecule has 5 rings (SSSR count). The molecule has 0 spiro atoms. The first-order valence-electron chi connectivity index (χ1n) is 12.6. The van der Waals surface area contributed by atoms with Crippen molar-refractivity contribution in [2.45, 2.75) is 71.4 Å². The van der Waals surface area contributed by atoms with E-state index in [1.807, 2.05) is 13.0 Å². The lowest BCUT2D eigenvalue weighted by Crippen LogP contribution is -2.36. The van der Waals surface area contributed by atoms with Crippen LogP contribution in [-0.4, -0.2) is 38.4 Å². The van der Waals surface area contributed by atoms with Gasteiger partial charge in [0, 0.05) is 25.1 Å². The molecule has 2 aliphatic rings. The van der Waals surface area contributed by atoms with Crippen LogP contribution < -0.4 is 5.32 Å². The fourth-order valence-electron chi connectivity index (χ4n) is 5.40. The van der Waals surface area contributed by atoms with Crippen molar-refractivity contribution >= 4 is 22.8 Å². The highest BCUT2D eigenvalue weighted by Crippen LogP contribution is 2.37. The lowest BCUT2D eigenvalue weighted by atomic mass is 9.79. The van der Waals surface area contributed by atoms with Crippen molar-refractivity contribution in [1.82, 2.24) is 25.3 Å². The standard InChI is InChI=1S/C26H32FN5O3/c1-3-19-18(14-35-31-19)26(34)30-23(16-8-6-15(2)7-9-16)25-28-20-11-10-17(22(27)24(20)29-25)13-32-12-4-5-21(32)33/h10-11,14-16,23H,3-9,12-13H2,1-2H3,(H,28,29)(H,30,34). The number of imidazole rings is 1. The summed E-state index contributed by atoms with van der Waals surface area (Å²) in [5, 5.41) is 7.07. The summed E-state index contributed by atoms with van der Waals surface area (Å²) in [7, 11) is 0. The Morgan fingerprint density at radius 3 is 2.83 bits per heavy atom. The van der Waals surface area contributed by atoms with Crippen molar-refractivity contribution < 1.29 is 18.5 Å². The Morgan fingerprint density at radius 1 is 1.31 bits per heavy atom. The fourth-order valence-corrected chi connectivity index (χ4v) is 5.40. The van der Waals surface area contributed by atoms with Crippen LogP contribution in [0.5, 0.6) is 0 Å². The van der Waals surface area contributed by atoms with E-state index in [0.29, 0.717) is 53.5 Å². The van der Waals surface area contributed by atoms with Crippen molar-refractivity contribution in [2.24, 2.45) is 11.8 Å². The lowest BCUT2D eigenvalue weighted by molar-refractivity contribution is -0.128. The number of aromatic nitrogens is 3. The Bertz CT molecular complexity index is 1230. The van der Waals surface area contributed by atoms with Crippen molar-refractivity contribution in [1.29, 1.82) is 0 Å². The fraction of sp³-hybridized carbons (Fsp3) is 0.538. The number of fused-ring (bicyclic) bond motifs is 1. The smallest absolute Gasteiger partial charge is 0.257 e. The molecule has 0 radical (unpaired) electrons. The molecule has 1 aliphatic heterocycles. The van der Waals surface area contributed by atoms with Gasteiger partial charge in [0.05, 0.1) is 17.3 Å². The van der Waals surface area contributed by atoms with Gasteiger partial charge in [0.1, 0.15) is 23.2 Å². The Labute approximate surface area is 203 Å². The highest BCUT2D eigenvalue weighted by atomic mass is 19.1. The SMILES string of the molecule is CCc1nocc1C(=O)NC(c1nc2c(F)c(CN3CCCC3=O)ccc2[nH]1)C1CCC(C)CC1. The number of benzene rings is 1. The monoisotopic (exact) mass is 481 g/mol. The van der Waals surface area contributed by atoms with Gasteiger partial charge in [-0.2, -0.15) is 0 Å². The molecule has 2 amide bonds. The molecule has 3 aromatic rings. The third kappa shape index (κ3) is 4.68. The summed E-state index contributed by atoms with van der Waals surface area (Å²) < 4.78 is 20.5. The molecule has 35 heavy (non-hydrogen) atoms. The van der Waals surface area contributed by atoms with Crippen LogP contribution in [0.3, 0.4) is 0 Å². The zero-order chi connectivity index (χ0) is 24.5. The first-order chi connectivity index (χ1) is 16.9. The number of nitrogens with zero attached hydrogens (tertiary/aromatic N) is 3. The third-order valence-electron chi connectivity index (χ3n) is 7.56. The second-order valence-corrected chi connectivity index (χ2v) is 9.98. The Balaban J connectivity index is 1.45. The van der Waals surface area contributed by atoms with E-state index < -0.39 is 5.82 Å². The number of carbonyl (C=O) groups excluding carboxylic acids is 2. The molecule has 1 aromatic carbocycles. The van der Waals surface area contributed by atoms with Gasteiger partial charge in [-0.25, -0.2) is 9.37 Å². The highest BCUT2D eigenvalue weighted by molar-refractivity contribution is 5.95. The van der Waals surface area contributed by atoms with Crippen molar-refractivity contribution in [2.75, 3.05) is 6.54 Å². The van der Waals surface area contributed by atoms with Gasteiger partial charge in [0.25, 0.3) is 5.91 Å². The number of hydrogen-bond donors (Lipinski definition) is 2. The van der Waals surface area contributed by atoms with Gasteiger partial charge in [-0.3, -0.25) is 9.59 Å². The molecule has 1 aliphatic carbocycles. The van der Waals surface area contributed by atoms with Gasteiger partial charge < -0.3 is 19.7 Å². The van der Waals surface area contributed by atoms with Gasteiger partial charge in [-0.15, -0.1) is 0 Å². The molecule has 3 heterocycles. The van der Waals surface area contributed by atoms with E-state index in [9.17, 15) is 9.59 Å². The Hall–Kier alpha value is -3.23. The summed E-state index contributed by atoms with van der Waals surface area (Å²) >= 11 is 0. The number of carbonyl (C=O) groups is 2. The normalized spacial score (nSPS) is 21.6. The topological polar surface area (TPSA) is 104 Å². The summed E-state index contributed by atoms with van der Waals surface area (Å²) in [5.41, 5.74) is 2.30. The maximum absolute atomic E-state index is 15.5. The first-order valence-corrected chi connectivity index (χ1v) is 12.6. The summed E-state index contributed by atoms with van der Waals surface area (Å²) in [5.74, 6) is 0.763. The number of aryl methyl sites for hydroxylation is 1. The lowest BCUT2D eigenvalue weighted by Gasteiger charge is -2.32. The Morgan fingerprint density at radius 2 is 2.11 bits per heavy atom. The molecule has 8 nitrogen and oxygen atoms in total. The minimum Gasteiger partial charge on any atom is -0.364 e. The first kappa shape index (κ1) is 23.5. The quantitative estimate of drug-likeness (QED) is 0.510. The van der Waals surface area contributed by atoms with E-state index in [2.05, 4.69) is 27.4 Å². The average molecular weight is 482 g/mol. The second-order valence-electron chi connectivity index (χ2n) is 9.98. The predicted molar refractivity (Wildman–Crippen MR) is 128 cm³/mol. The zero-order valence-electron chi connectivity index (χ0n) is 20.3. The maximum atomic E-state index is 15.5. The predicted octanol–water partition coefficient (Wildman–Crippen LogP) is 4.67. The number of aromatic amines is 1. The minimum atomic E-state index is -0.417. The molecular weight excluding hydrogens is 449 g/mol. The Kier molecular flexibility index (Phi) is 6.58. The van der Waals surface area contributed by atoms with Crippen molar-refractivity contribution in [3.8, 4) is 0 Å². The van der Waals surface area contributed by atoms with Crippen LogP contribution in [-0.2, 0) is 17.8 Å². The van der Waals surface area contributed by atoms with E-state index in [1.165, 1.54) is 6.26 Å². The van der Waals surface area contributed by atoms with Crippen LogP contribution in [0.15, 0.2) is 22.9 Å².